The van der Waals surface area contributed by atoms with Crippen molar-refractivity contribution in [2.24, 2.45) is 5.73 Å². The van der Waals surface area contributed by atoms with E-state index in [4.69, 9.17) is 5.73 Å². The van der Waals surface area contributed by atoms with Gasteiger partial charge < -0.3 is 11.1 Å². The minimum absolute atomic E-state index is 0.216. The third-order valence-electron chi connectivity index (χ3n) is 4.19. The highest BCUT2D eigenvalue weighted by atomic mass is 19.1. The molecular formula is C19H16F2N6. The minimum Gasteiger partial charge on any atom is -0.368 e. The lowest BCUT2D eigenvalue weighted by atomic mass is 10.1. The van der Waals surface area contributed by atoms with Crippen molar-refractivity contribution >= 4 is 11.6 Å². The first-order chi connectivity index (χ1) is 13.1. The summed E-state index contributed by atoms with van der Waals surface area (Å²) in [5.41, 5.74) is 8.04. The molecule has 2 aromatic heterocycles. The molecule has 3 N–H and O–H groups in total. The average molecular weight is 366 g/mol. The molecule has 0 fully saturated rings. The number of rotatable bonds is 5. The number of anilines is 1. The monoisotopic (exact) mass is 366 g/mol. The number of benzene rings is 2. The molecule has 0 bridgehead atoms. The summed E-state index contributed by atoms with van der Waals surface area (Å²) in [6.07, 6.45) is 1.43. The molecule has 4 rings (SSSR count). The Morgan fingerprint density at radius 2 is 1.89 bits per heavy atom. The predicted octanol–water partition coefficient (Wildman–Crippen LogP) is 3.18. The second-order valence-corrected chi connectivity index (χ2v) is 6.02. The lowest BCUT2D eigenvalue weighted by molar-refractivity contribution is 0.559. The van der Waals surface area contributed by atoms with Crippen molar-refractivity contribution in [2.75, 3.05) is 11.9 Å². The number of hydrogen-bond acceptors (Lipinski definition) is 5. The summed E-state index contributed by atoms with van der Waals surface area (Å²) < 4.78 is 28.6. The van der Waals surface area contributed by atoms with E-state index in [9.17, 15) is 8.78 Å². The molecule has 0 saturated carbocycles. The van der Waals surface area contributed by atoms with E-state index < -0.39 is 17.7 Å². The van der Waals surface area contributed by atoms with Gasteiger partial charge in [-0.25, -0.2) is 8.78 Å². The van der Waals surface area contributed by atoms with E-state index >= 15 is 0 Å². The molecule has 0 spiro atoms. The van der Waals surface area contributed by atoms with E-state index in [1.54, 1.807) is 4.52 Å². The van der Waals surface area contributed by atoms with Crippen LogP contribution < -0.4 is 11.1 Å². The maximum atomic E-state index is 13.9. The smallest absolute Gasteiger partial charge is 0.254 e. The highest BCUT2D eigenvalue weighted by Crippen LogP contribution is 2.23. The largest absolute Gasteiger partial charge is 0.368 e. The SMILES string of the molecule is NC(CNc1cc(-c2ccccc2)n2ncnc2n1)c1ccc(F)cc1F. The highest BCUT2D eigenvalue weighted by Gasteiger charge is 2.14. The minimum atomic E-state index is -0.671. The Morgan fingerprint density at radius 3 is 2.67 bits per heavy atom. The van der Waals surface area contributed by atoms with Crippen molar-refractivity contribution in [2.45, 2.75) is 6.04 Å². The highest BCUT2D eigenvalue weighted by molar-refractivity contribution is 5.65. The summed E-state index contributed by atoms with van der Waals surface area (Å²) in [7, 11) is 0. The predicted molar refractivity (Wildman–Crippen MR) is 98.0 cm³/mol. The van der Waals surface area contributed by atoms with Crippen molar-refractivity contribution in [1.82, 2.24) is 19.6 Å². The second-order valence-electron chi connectivity index (χ2n) is 6.02. The number of hydrogen-bond donors (Lipinski definition) is 2. The van der Waals surface area contributed by atoms with Crippen LogP contribution in [0.25, 0.3) is 17.0 Å². The van der Waals surface area contributed by atoms with E-state index in [1.165, 1.54) is 18.5 Å². The summed E-state index contributed by atoms with van der Waals surface area (Å²) in [4.78, 5) is 8.53. The van der Waals surface area contributed by atoms with Gasteiger partial charge in [-0.3, -0.25) is 0 Å². The number of nitrogens with two attached hydrogens (primary N) is 1. The van der Waals surface area contributed by atoms with E-state index in [-0.39, 0.29) is 12.1 Å². The Morgan fingerprint density at radius 1 is 1.07 bits per heavy atom. The molecule has 27 heavy (non-hydrogen) atoms. The fraction of sp³-hybridized carbons (Fsp3) is 0.105. The van der Waals surface area contributed by atoms with Crippen LogP contribution in [0, 0.1) is 11.6 Å². The normalized spacial score (nSPS) is 12.3. The van der Waals surface area contributed by atoms with Gasteiger partial charge in [-0.15, -0.1) is 0 Å². The number of halogens is 2. The molecule has 8 heteroatoms. The Bertz CT molecular complexity index is 1080. The van der Waals surface area contributed by atoms with Crippen LogP contribution in [0.3, 0.4) is 0 Å². The van der Waals surface area contributed by atoms with E-state index in [2.05, 4.69) is 20.4 Å². The van der Waals surface area contributed by atoms with E-state index in [0.29, 0.717) is 11.6 Å². The Labute approximate surface area is 153 Å². The van der Waals surface area contributed by atoms with Gasteiger partial charge in [-0.1, -0.05) is 36.4 Å². The Balaban J connectivity index is 1.61. The van der Waals surface area contributed by atoms with Crippen LogP contribution >= 0.6 is 0 Å². The molecular weight excluding hydrogens is 350 g/mol. The van der Waals surface area contributed by atoms with Crippen LogP contribution in [0.2, 0.25) is 0 Å². The molecule has 2 aromatic carbocycles. The quantitative estimate of drug-likeness (QED) is 0.567. The maximum Gasteiger partial charge on any atom is 0.254 e. The van der Waals surface area contributed by atoms with Crippen LogP contribution in [0.1, 0.15) is 11.6 Å². The van der Waals surface area contributed by atoms with Crippen LogP contribution in [0.15, 0.2) is 60.9 Å². The molecule has 2 heterocycles. The van der Waals surface area contributed by atoms with Gasteiger partial charge in [0, 0.05) is 35.8 Å². The molecule has 1 unspecified atom stereocenters. The third kappa shape index (κ3) is 3.47. The van der Waals surface area contributed by atoms with Gasteiger partial charge in [-0.05, 0) is 6.07 Å². The number of nitrogens with one attached hydrogen (secondary N) is 1. The first-order valence-corrected chi connectivity index (χ1v) is 8.32. The zero-order chi connectivity index (χ0) is 18.8. The van der Waals surface area contributed by atoms with Crippen molar-refractivity contribution in [3.8, 4) is 11.3 Å². The zero-order valence-corrected chi connectivity index (χ0v) is 14.2. The second kappa shape index (κ2) is 7.08. The van der Waals surface area contributed by atoms with Crippen LogP contribution in [0.4, 0.5) is 14.6 Å². The van der Waals surface area contributed by atoms with Crippen LogP contribution in [-0.2, 0) is 0 Å². The molecule has 1 atom stereocenters. The molecule has 0 amide bonds. The molecule has 0 aliphatic carbocycles. The standard InChI is InChI=1S/C19H16F2N6/c20-13-6-7-14(15(21)8-13)16(22)10-23-18-9-17(12-4-2-1-3-5-12)27-19(26-18)24-11-25-27/h1-9,11,16H,10,22H2,(H,23,24,25,26). The van der Waals surface area contributed by atoms with Crippen molar-refractivity contribution in [3.63, 3.8) is 0 Å². The fourth-order valence-corrected chi connectivity index (χ4v) is 2.84. The molecule has 6 nitrogen and oxygen atoms in total. The van der Waals surface area contributed by atoms with Gasteiger partial charge >= 0.3 is 0 Å². The van der Waals surface area contributed by atoms with Gasteiger partial charge in [0.05, 0.1) is 5.69 Å². The number of nitrogens with zero attached hydrogens (tertiary/aromatic N) is 4. The topological polar surface area (TPSA) is 81.1 Å². The fourth-order valence-electron chi connectivity index (χ4n) is 2.84. The maximum absolute atomic E-state index is 13.9. The number of fused-ring (bicyclic) bond motifs is 1. The number of aromatic nitrogens is 4. The van der Waals surface area contributed by atoms with Gasteiger partial charge in [0.15, 0.2) is 0 Å². The Hall–Kier alpha value is -3.39. The van der Waals surface area contributed by atoms with Gasteiger partial charge in [0.25, 0.3) is 5.78 Å². The molecule has 0 saturated heterocycles. The van der Waals surface area contributed by atoms with Crippen LogP contribution in [-0.4, -0.2) is 26.1 Å². The van der Waals surface area contributed by atoms with Crippen molar-refractivity contribution in [3.05, 3.63) is 78.1 Å². The average Bonchev–Trinajstić information content (AvgIpc) is 3.15. The first-order valence-electron chi connectivity index (χ1n) is 8.32. The van der Waals surface area contributed by atoms with Crippen LogP contribution in [0.5, 0.6) is 0 Å². The lowest BCUT2D eigenvalue weighted by Gasteiger charge is -2.15. The van der Waals surface area contributed by atoms with Gasteiger partial charge in [0.2, 0.25) is 0 Å². The molecule has 136 valence electrons. The third-order valence-corrected chi connectivity index (χ3v) is 4.19. The lowest BCUT2D eigenvalue weighted by Crippen LogP contribution is -2.22. The molecule has 0 radical (unpaired) electrons. The first kappa shape index (κ1) is 17.0. The van der Waals surface area contributed by atoms with E-state index in [0.717, 1.165) is 17.3 Å². The Kier molecular flexibility index (Phi) is 4.47. The molecule has 4 aromatic rings. The summed E-state index contributed by atoms with van der Waals surface area (Å²) in [6.45, 7) is 0.216. The van der Waals surface area contributed by atoms with Gasteiger partial charge in [-0.2, -0.15) is 19.6 Å². The van der Waals surface area contributed by atoms with Crippen molar-refractivity contribution in [1.29, 1.82) is 0 Å². The van der Waals surface area contributed by atoms with Crippen molar-refractivity contribution < 1.29 is 8.78 Å². The summed E-state index contributed by atoms with van der Waals surface area (Å²) in [6, 6.07) is 14.2. The van der Waals surface area contributed by atoms with Gasteiger partial charge in [0.1, 0.15) is 23.8 Å². The summed E-state index contributed by atoms with van der Waals surface area (Å²) in [5.74, 6) is -0.342. The summed E-state index contributed by atoms with van der Waals surface area (Å²) in [5, 5.41) is 7.30. The summed E-state index contributed by atoms with van der Waals surface area (Å²) >= 11 is 0. The molecule has 0 aliphatic heterocycles. The zero-order valence-electron chi connectivity index (χ0n) is 14.2. The molecule has 0 aliphatic rings. The van der Waals surface area contributed by atoms with E-state index in [1.807, 2.05) is 36.4 Å².